The van der Waals surface area contributed by atoms with Crippen LogP contribution in [0.15, 0.2) is 188 Å². The highest BCUT2D eigenvalue weighted by Crippen LogP contribution is 2.62. The fourth-order valence-corrected chi connectivity index (χ4v) is 17.3. The molecule has 9 aromatic rings. The van der Waals surface area contributed by atoms with Gasteiger partial charge in [-0.2, -0.15) is 0 Å². The maximum absolute atomic E-state index is 5.15. The zero-order valence-corrected chi connectivity index (χ0v) is 34.7. The van der Waals surface area contributed by atoms with E-state index in [-0.39, 0.29) is 5.04 Å². The third-order valence-electron chi connectivity index (χ3n) is 11.3. The Morgan fingerprint density at radius 1 is 0.386 bits per heavy atom. The van der Waals surface area contributed by atoms with Gasteiger partial charge in [0.15, 0.2) is 8.07 Å². The predicted molar refractivity (Wildman–Crippen MR) is 248 cm³/mol. The second-order valence-electron chi connectivity index (χ2n) is 15.7. The minimum absolute atomic E-state index is 0.173. The number of para-hydroxylation sites is 2. The largest absolute Gasteiger partial charge is 0.236 e. The Bertz CT molecular complexity index is 2740. The predicted octanol–water partition coefficient (Wildman–Crippen LogP) is 14.0. The van der Waals surface area contributed by atoms with Crippen LogP contribution in [0.1, 0.15) is 43.0 Å². The fraction of sp³-hybridized carbons (Fsp3) is 0.0769. The van der Waals surface area contributed by atoms with E-state index in [0.717, 1.165) is 32.2 Å². The van der Waals surface area contributed by atoms with Gasteiger partial charge in [-0.1, -0.05) is 172 Å². The molecule has 10 rings (SSSR count). The lowest BCUT2D eigenvalue weighted by atomic mass is 9.89. The molecule has 0 fully saturated rings. The van der Waals surface area contributed by atoms with Crippen LogP contribution in [0.2, 0.25) is 5.04 Å². The van der Waals surface area contributed by atoms with Crippen molar-refractivity contribution < 1.29 is 0 Å². The average Bonchev–Trinajstić information content (AvgIpc) is 3.98. The third-order valence-corrected chi connectivity index (χ3v) is 19.5. The van der Waals surface area contributed by atoms with E-state index in [0.29, 0.717) is 0 Å². The lowest BCUT2D eigenvalue weighted by Gasteiger charge is -2.45. The summed E-state index contributed by atoms with van der Waals surface area (Å²) in [6.07, 6.45) is 0. The number of allylic oxidation sites excluding steroid dienone is 2. The van der Waals surface area contributed by atoms with Crippen LogP contribution in [0.5, 0.6) is 0 Å². The van der Waals surface area contributed by atoms with Crippen LogP contribution in [0, 0.1) is 0 Å². The first-order chi connectivity index (χ1) is 27.9. The van der Waals surface area contributed by atoms with Crippen LogP contribution in [0.3, 0.4) is 0 Å². The lowest BCUT2D eigenvalue weighted by molar-refractivity contribution is 0.741. The number of benzene rings is 7. The van der Waals surface area contributed by atoms with Gasteiger partial charge in [0, 0.05) is 11.1 Å². The molecule has 2 aromatic heterocycles. The summed E-state index contributed by atoms with van der Waals surface area (Å²) < 4.78 is 2.41. The molecule has 5 heteroatoms. The van der Waals surface area contributed by atoms with Gasteiger partial charge in [-0.15, -0.1) is 22.7 Å². The fourth-order valence-electron chi connectivity index (χ4n) is 9.03. The molecule has 0 amide bonds. The highest BCUT2D eigenvalue weighted by molar-refractivity contribution is 7.24. The van der Waals surface area contributed by atoms with Crippen LogP contribution in [-0.2, 0) is 0 Å². The van der Waals surface area contributed by atoms with E-state index in [4.69, 9.17) is 9.97 Å². The summed E-state index contributed by atoms with van der Waals surface area (Å²) in [5, 5.41) is 6.19. The smallest absolute Gasteiger partial charge is 0.156 e. The van der Waals surface area contributed by atoms with Crippen molar-refractivity contribution >= 4 is 77.9 Å². The summed E-state index contributed by atoms with van der Waals surface area (Å²) in [5.74, 6) is 0. The number of hydrogen-bond donors (Lipinski definition) is 0. The molecular formula is C52H40N2S2Si. The molecule has 0 radical (unpaired) electrons. The molecule has 7 aromatic carbocycles. The van der Waals surface area contributed by atoms with Crippen LogP contribution in [-0.4, -0.2) is 18.0 Å². The summed E-state index contributed by atoms with van der Waals surface area (Å²) in [4.78, 5) is 10.3. The molecule has 0 aliphatic carbocycles. The van der Waals surface area contributed by atoms with Crippen LogP contribution in [0.4, 0.5) is 0 Å². The average molecular weight is 785 g/mol. The van der Waals surface area contributed by atoms with Gasteiger partial charge in [-0.25, -0.2) is 9.97 Å². The molecule has 2 nitrogen and oxygen atoms in total. The van der Waals surface area contributed by atoms with Crippen molar-refractivity contribution in [2.45, 2.75) is 25.8 Å². The van der Waals surface area contributed by atoms with Gasteiger partial charge in [-0.3, -0.25) is 0 Å². The lowest BCUT2D eigenvalue weighted by Crippen LogP contribution is -2.56. The van der Waals surface area contributed by atoms with E-state index in [1.54, 1.807) is 22.7 Å². The number of aromatic nitrogens is 2. The van der Waals surface area contributed by atoms with Crippen molar-refractivity contribution in [3.63, 3.8) is 0 Å². The monoisotopic (exact) mass is 784 g/mol. The van der Waals surface area contributed by atoms with E-state index in [1.807, 2.05) is 0 Å². The van der Waals surface area contributed by atoms with E-state index in [9.17, 15) is 0 Å². The van der Waals surface area contributed by atoms with Crippen LogP contribution < -0.4 is 5.19 Å². The van der Waals surface area contributed by atoms with Gasteiger partial charge in [0.25, 0.3) is 0 Å². The molecule has 274 valence electrons. The summed E-state index contributed by atoms with van der Waals surface area (Å²) in [5.41, 5.74) is 12.0. The minimum Gasteiger partial charge on any atom is -0.236 e. The summed E-state index contributed by atoms with van der Waals surface area (Å²) in [6.45, 7) is 7.45. The zero-order valence-electron chi connectivity index (χ0n) is 32.1. The molecule has 3 heterocycles. The molecule has 0 saturated carbocycles. The summed E-state index contributed by atoms with van der Waals surface area (Å²) in [6, 6.07) is 69.1. The number of thiazole rings is 2. The van der Waals surface area contributed by atoms with Crippen LogP contribution in [0.25, 0.3) is 63.1 Å². The van der Waals surface area contributed by atoms with Crippen LogP contribution >= 0.6 is 22.7 Å². The van der Waals surface area contributed by atoms with Gasteiger partial charge in [0.1, 0.15) is 10.0 Å². The minimum atomic E-state index is -3.03. The number of rotatable bonds is 7. The topological polar surface area (TPSA) is 25.8 Å². The molecule has 0 bridgehead atoms. The second kappa shape index (κ2) is 14.2. The highest BCUT2D eigenvalue weighted by atomic mass is 32.1. The summed E-state index contributed by atoms with van der Waals surface area (Å²) >= 11 is 3.53. The molecular weight excluding hydrogens is 745 g/mol. The Morgan fingerprint density at radius 2 is 0.754 bits per heavy atom. The third kappa shape index (κ3) is 5.97. The maximum Gasteiger partial charge on any atom is 0.156 e. The summed E-state index contributed by atoms with van der Waals surface area (Å²) in [7, 11) is -3.03. The zero-order chi connectivity index (χ0) is 38.6. The molecule has 0 saturated heterocycles. The highest BCUT2D eigenvalue weighted by Gasteiger charge is 2.58. The van der Waals surface area contributed by atoms with E-state index in [2.05, 4.69) is 209 Å². The van der Waals surface area contributed by atoms with Crippen molar-refractivity contribution in [3.8, 4) is 21.1 Å². The first-order valence-electron chi connectivity index (χ1n) is 19.5. The maximum atomic E-state index is 5.15. The van der Waals surface area contributed by atoms with Gasteiger partial charge in [-0.05, 0) is 90.4 Å². The Hall–Kier alpha value is -5.98. The Morgan fingerprint density at radius 3 is 1.18 bits per heavy atom. The molecule has 1 aliphatic heterocycles. The molecule has 0 atom stereocenters. The van der Waals surface area contributed by atoms with Crippen molar-refractivity contribution in [2.75, 3.05) is 0 Å². The van der Waals surface area contributed by atoms with Crippen molar-refractivity contribution in [3.05, 3.63) is 210 Å². The van der Waals surface area contributed by atoms with E-state index >= 15 is 0 Å². The Balaban J connectivity index is 1.34. The van der Waals surface area contributed by atoms with Crippen molar-refractivity contribution in [1.29, 1.82) is 0 Å². The number of fused-ring (bicyclic) bond motifs is 2. The second-order valence-corrected chi connectivity index (χ2v) is 22.4. The van der Waals surface area contributed by atoms with Gasteiger partial charge in [0.05, 0.1) is 20.4 Å². The van der Waals surface area contributed by atoms with Gasteiger partial charge < -0.3 is 0 Å². The molecule has 0 unspecified atom stereocenters. The van der Waals surface area contributed by atoms with E-state index in [1.165, 1.54) is 58.4 Å². The molecule has 0 N–H and O–H groups in total. The molecule has 57 heavy (non-hydrogen) atoms. The number of nitrogens with zero attached hydrogens (tertiary/aromatic N) is 2. The van der Waals surface area contributed by atoms with Gasteiger partial charge >= 0.3 is 0 Å². The normalized spacial score (nSPS) is 14.2. The van der Waals surface area contributed by atoms with Crippen molar-refractivity contribution in [2.24, 2.45) is 0 Å². The van der Waals surface area contributed by atoms with E-state index < -0.39 is 8.07 Å². The first-order valence-corrected chi connectivity index (χ1v) is 23.1. The van der Waals surface area contributed by atoms with Gasteiger partial charge in [0.2, 0.25) is 0 Å². The SMILES string of the molecule is CC(C)(C)[Si]1(c2ccccc2)C(c2cccc(-c3nc4ccccc4s3)c2)=C(c2ccccc2)C(c2ccccc2)=C1c1cccc(-c2nc3ccccc3s2)c1. The standard InChI is InChI=1S/C52H40N2S2Si/c1-52(2,3)57(41-27-11-6-12-28-41)48(37-23-17-25-39(33-37)50-53-42-29-13-15-31-44(42)55-50)46(35-19-7-4-8-20-35)47(36-21-9-5-10-22-36)49(57)38-24-18-26-40(34-38)51-54-43-30-14-16-32-45(43)56-51/h4-34H,1-3H3. The quantitative estimate of drug-likeness (QED) is 0.150. The molecule has 1 aliphatic rings. The Kier molecular flexibility index (Phi) is 8.82. The Labute approximate surface area is 343 Å². The number of hydrogen-bond acceptors (Lipinski definition) is 4. The van der Waals surface area contributed by atoms with Crippen molar-refractivity contribution in [1.82, 2.24) is 9.97 Å². The molecule has 0 spiro atoms. The first kappa shape index (κ1) is 35.4.